The van der Waals surface area contributed by atoms with E-state index in [1.165, 1.54) is 18.5 Å². The number of pyridine rings is 1. The van der Waals surface area contributed by atoms with Crippen LogP contribution in [0.5, 0.6) is 0 Å². The molecule has 4 rings (SSSR count). The average Bonchev–Trinajstić information content (AvgIpc) is 3.24. The minimum atomic E-state index is -1.46. The van der Waals surface area contributed by atoms with Crippen molar-refractivity contribution in [2.24, 2.45) is 7.05 Å². The Hall–Kier alpha value is -3.25. The molecule has 0 aliphatic carbocycles. The van der Waals surface area contributed by atoms with Crippen LogP contribution in [0.2, 0.25) is 0 Å². The molecule has 0 amide bonds. The van der Waals surface area contributed by atoms with Crippen LogP contribution < -0.4 is 10.5 Å². The van der Waals surface area contributed by atoms with Gasteiger partial charge < -0.3 is 4.90 Å². The first-order chi connectivity index (χ1) is 16.1. The predicted octanol–water partition coefficient (Wildman–Crippen LogP) is 3.36. The quantitative estimate of drug-likeness (QED) is 0.555. The third-order valence-electron chi connectivity index (χ3n) is 6.85. The van der Waals surface area contributed by atoms with E-state index in [0.717, 1.165) is 37.3 Å². The Morgan fingerprint density at radius 3 is 2.71 bits per heavy atom. The van der Waals surface area contributed by atoms with E-state index < -0.39 is 5.67 Å². The van der Waals surface area contributed by atoms with E-state index in [2.05, 4.69) is 39.7 Å². The first-order valence-electron chi connectivity index (χ1n) is 11.7. The second-order valence-corrected chi connectivity index (χ2v) is 9.50. The predicted molar refractivity (Wildman–Crippen MR) is 130 cm³/mol. The molecule has 1 saturated heterocycles. The van der Waals surface area contributed by atoms with Gasteiger partial charge in [0, 0.05) is 51.0 Å². The molecule has 1 aliphatic heterocycles. The minimum Gasteiger partial charge on any atom is -0.363 e. The summed E-state index contributed by atoms with van der Waals surface area (Å²) in [6, 6.07) is 7.86. The molecule has 1 aliphatic rings. The monoisotopic (exact) mass is 465 g/mol. The van der Waals surface area contributed by atoms with E-state index in [1.807, 2.05) is 6.07 Å². The Bertz CT molecular complexity index is 1270. The van der Waals surface area contributed by atoms with E-state index in [-0.39, 0.29) is 24.1 Å². The van der Waals surface area contributed by atoms with Crippen molar-refractivity contribution in [1.82, 2.24) is 24.1 Å². The van der Waals surface area contributed by atoms with Crippen LogP contribution >= 0.6 is 0 Å². The van der Waals surface area contributed by atoms with Crippen LogP contribution in [0.25, 0.3) is 5.65 Å². The first kappa shape index (κ1) is 23.9. The maximum absolute atomic E-state index is 14.2. The lowest BCUT2D eigenvalue weighted by atomic mass is 10.0. The van der Waals surface area contributed by atoms with Crippen LogP contribution in [-0.4, -0.2) is 49.7 Å². The molecule has 2 unspecified atom stereocenters. The zero-order chi connectivity index (χ0) is 24.6. The number of fused-ring (bicyclic) bond motifs is 1. The van der Waals surface area contributed by atoms with Crippen molar-refractivity contribution in [1.29, 1.82) is 5.26 Å². The van der Waals surface area contributed by atoms with Gasteiger partial charge in [-0.1, -0.05) is 13.0 Å². The van der Waals surface area contributed by atoms with Gasteiger partial charge in [-0.05, 0) is 38.8 Å². The molecule has 0 radical (unpaired) electrons. The highest BCUT2D eigenvalue weighted by Gasteiger charge is 2.31. The minimum absolute atomic E-state index is 0.115. The van der Waals surface area contributed by atoms with Gasteiger partial charge in [0.2, 0.25) is 0 Å². The van der Waals surface area contributed by atoms with Crippen LogP contribution in [0, 0.1) is 11.3 Å². The van der Waals surface area contributed by atoms with Gasteiger partial charge in [-0.2, -0.15) is 5.26 Å². The molecule has 3 aromatic rings. The molecule has 2 atom stereocenters. The number of anilines is 1. The standard InChI is InChI=1S/C25H32FN7O/c1-6-20-16-31(17(2)18-7-8-22(28-14-18)25(3,4)26)11-12-32(20)21-13-23(34)30(5)33-15-19(9-10-27)29-24(21)33/h7-8,13-15,17,20H,6,9,11-12,16H2,1-5H3. The maximum atomic E-state index is 14.2. The summed E-state index contributed by atoms with van der Waals surface area (Å²) in [5.41, 5.74) is 2.07. The third kappa shape index (κ3) is 4.42. The fraction of sp³-hybridized carbons (Fsp3) is 0.520. The summed E-state index contributed by atoms with van der Waals surface area (Å²) < 4.78 is 17.5. The van der Waals surface area contributed by atoms with Gasteiger partial charge in [-0.3, -0.25) is 14.7 Å². The number of nitrogens with zero attached hydrogens (tertiary/aromatic N) is 7. The average molecular weight is 466 g/mol. The first-order valence-corrected chi connectivity index (χ1v) is 11.7. The summed E-state index contributed by atoms with van der Waals surface area (Å²) in [4.78, 5) is 26.4. The molecule has 0 N–H and O–H groups in total. The van der Waals surface area contributed by atoms with Crippen molar-refractivity contribution in [3.05, 3.63) is 57.9 Å². The summed E-state index contributed by atoms with van der Waals surface area (Å²) in [6.45, 7) is 9.70. The molecule has 3 aromatic heterocycles. The number of aryl methyl sites for hydroxylation is 1. The zero-order valence-corrected chi connectivity index (χ0v) is 20.5. The summed E-state index contributed by atoms with van der Waals surface area (Å²) >= 11 is 0. The summed E-state index contributed by atoms with van der Waals surface area (Å²) in [5, 5.41) is 9.09. The van der Waals surface area contributed by atoms with E-state index in [9.17, 15) is 9.18 Å². The van der Waals surface area contributed by atoms with Gasteiger partial charge >= 0.3 is 0 Å². The molecule has 9 heteroatoms. The molecule has 4 heterocycles. The second kappa shape index (κ2) is 9.18. The lowest BCUT2D eigenvalue weighted by molar-refractivity contribution is 0.168. The van der Waals surface area contributed by atoms with Gasteiger partial charge in [-0.25, -0.2) is 18.6 Å². The Balaban J connectivity index is 1.60. The van der Waals surface area contributed by atoms with Gasteiger partial charge in [0.25, 0.3) is 5.56 Å². The fourth-order valence-corrected chi connectivity index (χ4v) is 4.69. The molecule has 34 heavy (non-hydrogen) atoms. The van der Waals surface area contributed by atoms with Crippen molar-refractivity contribution >= 4 is 11.3 Å². The van der Waals surface area contributed by atoms with Crippen LogP contribution in [0.4, 0.5) is 10.1 Å². The lowest BCUT2D eigenvalue weighted by Gasteiger charge is -2.44. The molecule has 1 fully saturated rings. The van der Waals surface area contributed by atoms with Crippen LogP contribution in [0.1, 0.15) is 57.1 Å². The summed E-state index contributed by atoms with van der Waals surface area (Å²) in [5.74, 6) is 0. The lowest BCUT2D eigenvalue weighted by Crippen LogP contribution is -2.54. The largest absolute Gasteiger partial charge is 0.363 e. The number of alkyl halides is 1. The topological polar surface area (TPSA) is 82.5 Å². The number of rotatable bonds is 6. The zero-order valence-electron chi connectivity index (χ0n) is 20.5. The highest BCUT2D eigenvalue weighted by molar-refractivity contribution is 5.69. The van der Waals surface area contributed by atoms with E-state index in [1.54, 1.807) is 36.1 Å². The Morgan fingerprint density at radius 2 is 2.09 bits per heavy atom. The second-order valence-electron chi connectivity index (χ2n) is 9.50. The maximum Gasteiger partial charge on any atom is 0.267 e. The van der Waals surface area contributed by atoms with Gasteiger partial charge in [0.05, 0.1) is 35.8 Å². The molecule has 180 valence electrons. The fourth-order valence-electron chi connectivity index (χ4n) is 4.69. The van der Waals surface area contributed by atoms with E-state index in [4.69, 9.17) is 5.26 Å². The smallest absolute Gasteiger partial charge is 0.267 e. The van der Waals surface area contributed by atoms with Crippen molar-refractivity contribution < 1.29 is 4.39 Å². The number of piperazine rings is 1. The molecular weight excluding hydrogens is 433 g/mol. The van der Waals surface area contributed by atoms with Crippen molar-refractivity contribution in [3.63, 3.8) is 0 Å². The highest BCUT2D eigenvalue weighted by Crippen LogP contribution is 2.30. The third-order valence-corrected chi connectivity index (χ3v) is 6.85. The number of imidazole rings is 1. The Kier molecular flexibility index (Phi) is 6.45. The Morgan fingerprint density at radius 1 is 1.32 bits per heavy atom. The molecule has 0 spiro atoms. The summed E-state index contributed by atoms with van der Waals surface area (Å²) in [7, 11) is 1.71. The van der Waals surface area contributed by atoms with Crippen molar-refractivity contribution in [2.45, 2.75) is 58.3 Å². The SMILES string of the molecule is CCC1CN(C(C)c2ccc(C(C)(C)F)nc2)CCN1c1cc(=O)n(C)n2cc(CC#N)nc12. The van der Waals surface area contributed by atoms with Crippen LogP contribution in [0.15, 0.2) is 35.4 Å². The number of nitriles is 1. The number of halogens is 1. The number of aromatic nitrogens is 4. The van der Waals surface area contributed by atoms with Crippen molar-refractivity contribution in [2.75, 3.05) is 24.5 Å². The van der Waals surface area contributed by atoms with E-state index in [0.29, 0.717) is 17.0 Å². The van der Waals surface area contributed by atoms with Gasteiger partial charge in [-0.15, -0.1) is 0 Å². The molecule has 0 bridgehead atoms. The van der Waals surface area contributed by atoms with Crippen LogP contribution in [0.3, 0.4) is 0 Å². The molecule has 0 saturated carbocycles. The normalized spacial score (nSPS) is 18.3. The van der Waals surface area contributed by atoms with Gasteiger partial charge in [0.15, 0.2) is 5.65 Å². The number of hydrogen-bond donors (Lipinski definition) is 0. The van der Waals surface area contributed by atoms with E-state index >= 15 is 0 Å². The highest BCUT2D eigenvalue weighted by atomic mass is 19.1. The number of hydrogen-bond acceptors (Lipinski definition) is 6. The molecular formula is C25H32FN7O. The van der Waals surface area contributed by atoms with Gasteiger partial charge in [0.1, 0.15) is 5.67 Å². The van der Waals surface area contributed by atoms with Crippen LogP contribution in [-0.2, 0) is 19.1 Å². The Labute approximate surface area is 199 Å². The summed E-state index contributed by atoms with van der Waals surface area (Å²) in [6.07, 6.45) is 4.65. The van der Waals surface area contributed by atoms with Crippen molar-refractivity contribution in [3.8, 4) is 6.07 Å². The molecule has 0 aromatic carbocycles. The molecule has 8 nitrogen and oxygen atoms in total.